The van der Waals surface area contributed by atoms with E-state index in [9.17, 15) is 14.7 Å². The summed E-state index contributed by atoms with van der Waals surface area (Å²) in [5.74, 6) is -1.51. The Morgan fingerprint density at radius 3 is 2.58 bits per heavy atom. The molecule has 2 aliphatic rings. The van der Waals surface area contributed by atoms with Crippen LogP contribution in [-0.2, 0) is 23.4 Å². The molecule has 0 spiro atoms. The number of aliphatic hydroxyl groups is 1. The number of carbonyl (C=O) groups excluding carboxylic acids is 2. The number of anilines is 1. The Labute approximate surface area is 186 Å². The van der Waals surface area contributed by atoms with Crippen molar-refractivity contribution >= 4 is 29.0 Å². The molecule has 2 unspecified atom stereocenters. The van der Waals surface area contributed by atoms with Crippen LogP contribution < -0.4 is 4.90 Å². The van der Waals surface area contributed by atoms with E-state index in [1.165, 1.54) is 0 Å². The Morgan fingerprint density at radius 1 is 1.06 bits per heavy atom. The molecule has 31 heavy (non-hydrogen) atoms. The molecule has 1 aliphatic carbocycles. The van der Waals surface area contributed by atoms with Crippen LogP contribution in [0.3, 0.4) is 0 Å². The van der Waals surface area contributed by atoms with E-state index < -0.39 is 17.4 Å². The maximum Gasteiger partial charge on any atom is 0.264 e. The minimum Gasteiger partial charge on any atom is -0.375 e. The van der Waals surface area contributed by atoms with Crippen molar-refractivity contribution in [3.05, 3.63) is 99.6 Å². The third kappa shape index (κ3) is 3.10. The largest absolute Gasteiger partial charge is 0.375 e. The zero-order valence-corrected chi connectivity index (χ0v) is 17.9. The van der Waals surface area contributed by atoms with Gasteiger partial charge in [0.2, 0.25) is 0 Å². The Morgan fingerprint density at radius 2 is 1.81 bits per heavy atom. The number of carbonyl (C=O) groups is 2. The van der Waals surface area contributed by atoms with Gasteiger partial charge in [-0.2, -0.15) is 0 Å². The monoisotopic (exact) mass is 431 g/mol. The molecular weight excluding hydrogens is 410 g/mol. The highest BCUT2D eigenvalue weighted by molar-refractivity contribution is 6.31. The zero-order valence-electron chi connectivity index (χ0n) is 17.1. The molecule has 0 aromatic heterocycles. The fraction of sp³-hybridized carbons (Fsp3) is 0.231. The summed E-state index contributed by atoms with van der Waals surface area (Å²) in [6.45, 7) is 2.32. The summed E-state index contributed by atoms with van der Waals surface area (Å²) in [7, 11) is 0. The van der Waals surface area contributed by atoms with E-state index in [1.54, 1.807) is 29.2 Å². The molecule has 4 nitrogen and oxygen atoms in total. The lowest BCUT2D eigenvalue weighted by Gasteiger charge is -2.34. The third-order valence-corrected chi connectivity index (χ3v) is 6.73. The van der Waals surface area contributed by atoms with E-state index in [0.29, 0.717) is 41.2 Å². The first-order valence-corrected chi connectivity index (χ1v) is 10.8. The van der Waals surface area contributed by atoms with Crippen LogP contribution in [0, 0.1) is 12.8 Å². The summed E-state index contributed by atoms with van der Waals surface area (Å²) in [6, 6.07) is 20.4. The third-order valence-electron chi connectivity index (χ3n) is 6.50. The van der Waals surface area contributed by atoms with Crippen molar-refractivity contribution in [2.45, 2.75) is 31.9 Å². The van der Waals surface area contributed by atoms with Gasteiger partial charge in [-0.1, -0.05) is 65.7 Å². The molecular formula is C26H22ClNO3. The highest BCUT2D eigenvalue weighted by Gasteiger charge is 2.57. The fourth-order valence-electron chi connectivity index (χ4n) is 4.85. The summed E-state index contributed by atoms with van der Waals surface area (Å²) in [5, 5.41) is 12.3. The average molecular weight is 432 g/mol. The summed E-state index contributed by atoms with van der Waals surface area (Å²) in [4.78, 5) is 28.7. The molecule has 3 aromatic carbocycles. The number of ketones is 1. The molecule has 3 aromatic rings. The summed E-state index contributed by atoms with van der Waals surface area (Å²) in [5.41, 5.74) is 2.70. The first kappa shape index (κ1) is 20.0. The van der Waals surface area contributed by atoms with E-state index in [0.717, 1.165) is 16.7 Å². The number of halogens is 1. The van der Waals surface area contributed by atoms with Crippen molar-refractivity contribution < 1.29 is 14.7 Å². The molecule has 156 valence electrons. The normalized spacial score (nSPS) is 22.4. The topological polar surface area (TPSA) is 57.6 Å². The average Bonchev–Trinajstić information content (AvgIpc) is 2.98. The van der Waals surface area contributed by atoms with Crippen LogP contribution in [0.15, 0.2) is 66.7 Å². The van der Waals surface area contributed by atoms with Crippen LogP contribution in [0.2, 0.25) is 5.02 Å². The second kappa shape index (κ2) is 7.33. The van der Waals surface area contributed by atoms with Gasteiger partial charge in [-0.25, -0.2) is 0 Å². The second-order valence-electron chi connectivity index (χ2n) is 8.42. The van der Waals surface area contributed by atoms with Gasteiger partial charge in [0.05, 0.1) is 18.2 Å². The van der Waals surface area contributed by atoms with Crippen LogP contribution in [0.4, 0.5) is 5.69 Å². The minimum absolute atomic E-state index is 0.194. The Kier molecular flexibility index (Phi) is 4.72. The van der Waals surface area contributed by atoms with Gasteiger partial charge in [-0.3, -0.25) is 9.59 Å². The Bertz CT molecular complexity index is 1200. The van der Waals surface area contributed by atoms with E-state index in [-0.39, 0.29) is 5.78 Å². The molecule has 1 N–H and O–H groups in total. The molecule has 5 rings (SSSR count). The first-order chi connectivity index (χ1) is 14.9. The number of benzene rings is 3. The highest BCUT2D eigenvalue weighted by Crippen LogP contribution is 2.49. The van der Waals surface area contributed by atoms with Crippen molar-refractivity contribution in [1.82, 2.24) is 0 Å². The lowest BCUT2D eigenvalue weighted by Crippen LogP contribution is -2.49. The lowest BCUT2D eigenvalue weighted by molar-refractivity contribution is -0.140. The zero-order chi connectivity index (χ0) is 21.8. The van der Waals surface area contributed by atoms with Gasteiger partial charge < -0.3 is 10.0 Å². The number of Topliss-reactive ketones (excluding diaryl/α,β-unsaturated/α-hetero) is 1. The van der Waals surface area contributed by atoms with E-state index in [4.69, 9.17) is 11.6 Å². The highest BCUT2D eigenvalue weighted by atomic mass is 35.5. The molecule has 0 radical (unpaired) electrons. The minimum atomic E-state index is -1.93. The van der Waals surface area contributed by atoms with E-state index in [2.05, 4.69) is 0 Å². The predicted octanol–water partition coefficient (Wildman–Crippen LogP) is 4.83. The molecule has 0 fully saturated rings. The van der Waals surface area contributed by atoms with Crippen LogP contribution >= 0.6 is 11.6 Å². The van der Waals surface area contributed by atoms with Crippen molar-refractivity contribution in [3.8, 4) is 0 Å². The van der Waals surface area contributed by atoms with E-state index >= 15 is 0 Å². The van der Waals surface area contributed by atoms with Crippen molar-refractivity contribution in [2.24, 2.45) is 5.92 Å². The summed E-state index contributed by atoms with van der Waals surface area (Å²) < 4.78 is 0. The van der Waals surface area contributed by atoms with Gasteiger partial charge in [-0.05, 0) is 49.1 Å². The van der Waals surface area contributed by atoms with Gasteiger partial charge in [0.25, 0.3) is 5.91 Å². The molecule has 0 saturated heterocycles. The first-order valence-electron chi connectivity index (χ1n) is 10.4. The van der Waals surface area contributed by atoms with Gasteiger partial charge in [0.1, 0.15) is 0 Å². The molecule has 5 heteroatoms. The number of rotatable bonds is 3. The Hall–Kier alpha value is -2.95. The number of aryl methyl sites for hydroxylation is 2. The lowest BCUT2D eigenvalue weighted by atomic mass is 9.71. The van der Waals surface area contributed by atoms with Crippen LogP contribution in [-0.4, -0.2) is 16.8 Å². The quantitative estimate of drug-likeness (QED) is 0.646. The predicted molar refractivity (Wildman–Crippen MR) is 120 cm³/mol. The number of hydrogen-bond acceptors (Lipinski definition) is 3. The van der Waals surface area contributed by atoms with Crippen LogP contribution in [0.1, 0.15) is 39.0 Å². The summed E-state index contributed by atoms with van der Waals surface area (Å²) in [6.07, 6.45) is 1.04. The molecule has 2 atom stereocenters. The van der Waals surface area contributed by atoms with Crippen LogP contribution in [0.5, 0.6) is 0 Å². The SMILES string of the molecule is Cc1ccc(CN2C(=O)C(O)(C3CCc4ccccc4C3=O)c3cc(Cl)ccc32)cc1. The van der Waals surface area contributed by atoms with Crippen molar-refractivity contribution in [1.29, 1.82) is 0 Å². The number of hydrogen-bond donors (Lipinski definition) is 1. The summed E-state index contributed by atoms with van der Waals surface area (Å²) >= 11 is 6.25. The molecule has 1 aliphatic heterocycles. The van der Waals surface area contributed by atoms with Gasteiger partial charge in [0, 0.05) is 16.1 Å². The number of nitrogens with zero attached hydrogens (tertiary/aromatic N) is 1. The van der Waals surface area contributed by atoms with E-state index in [1.807, 2.05) is 49.4 Å². The molecule has 0 saturated carbocycles. The maximum atomic E-state index is 13.7. The smallest absolute Gasteiger partial charge is 0.264 e. The second-order valence-corrected chi connectivity index (χ2v) is 8.85. The standard InChI is InChI=1S/C26H22ClNO3/c1-16-6-8-17(9-7-16)15-28-23-13-11-19(27)14-22(23)26(31,25(28)30)21-12-10-18-4-2-3-5-20(18)24(21)29/h2-9,11,13-14,21,31H,10,12,15H2,1H3. The van der Waals surface area contributed by atoms with Gasteiger partial charge in [0.15, 0.2) is 11.4 Å². The van der Waals surface area contributed by atoms with Crippen molar-refractivity contribution in [3.63, 3.8) is 0 Å². The van der Waals surface area contributed by atoms with Crippen molar-refractivity contribution in [2.75, 3.05) is 4.90 Å². The Balaban J connectivity index is 1.59. The van der Waals surface area contributed by atoms with Crippen LogP contribution in [0.25, 0.3) is 0 Å². The number of amides is 1. The number of fused-ring (bicyclic) bond motifs is 2. The van der Waals surface area contributed by atoms with Gasteiger partial charge >= 0.3 is 0 Å². The molecule has 0 bridgehead atoms. The molecule has 1 heterocycles. The molecule has 1 amide bonds. The fourth-order valence-corrected chi connectivity index (χ4v) is 5.02. The van der Waals surface area contributed by atoms with Gasteiger partial charge in [-0.15, -0.1) is 0 Å². The maximum absolute atomic E-state index is 13.7.